The third-order valence-corrected chi connectivity index (χ3v) is 3.67. The van der Waals surface area contributed by atoms with E-state index < -0.39 is 0 Å². The van der Waals surface area contributed by atoms with Crippen LogP contribution in [0.1, 0.15) is 44.3 Å². The SMILES string of the molecule is CCCNCc1oc(CN2CCOC(C)(C)C2)cc1C. The van der Waals surface area contributed by atoms with Crippen LogP contribution in [-0.4, -0.2) is 36.7 Å². The normalized spacial score (nSPS) is 19.4. The number of aryl methyl sites for hydroxylation is 1. The van der Waals surface area contributed by atoms with Crippen LogP contribution in [0.2, 0.25) is 0 Å². The molecule has 1 fully saturated rings. The molecular weight excluding hydrogens is 252 g/mol. The van der Waals surface area contributed by atoms with E-state index in [2.05, 4.69) is 44.0 Å². The topological polar surface area (TPSA) is 37.6 Å². The summed E-state index contributed by atoms with van der Waals surface area (Å²) >= 11 is 0. The molecule has 1 N–H and O–H groups in total. The lowest BCUT2D eigenvalue weighted by Gasteiger charge is -2.37. The first-order valence-electron chi connectivity index (χ1n) is 7.65. The Morgan fingerprint density at radius 3 is 2.90 bits per heavy atom. The molecule has 0 aromatic carbocycles. The highest BCUT2D eigenvalue weighted by Gasteiger charge is 2.27. The Balaban J connectivity index is 1.91. The van der Waals surface area contributed by atoms with Crippen molar-refractivity contribution >= 4 is 0 Å². The van der Waals surface area contributed by atoms with Crippen molar-refractivity contribution in [3.63, 3.8) is 0 Å². The maximum Gasteiger partial charge on any atom is 0.120 e. The molecule has 0 atom stereocenters. The van der Waals surface area contributed by atoms with Gasteiger partial charge in [-0.1, -0.05) is 6.92 Å². The third-order valence-electron chi connectivity index (χ3n) is 3.67. The quantitative estimate of drug-likeness (QED) is 0.813. The molecule has 1 aliphatic rings. The van der Waals surface area contributed by atoms with Crippen LogP contribution < -0.4 is 5.32 Å². The van der Waals surface area contributed by atoms with Gasteiger partial charge in [-0.05, 0) is 45.4 Å². The summed E-state index contributed by atoms with van der Waals surface area (Å²) in [5, 5.41) is 3.39. The van der Waals surface area contributed by atoms with Crippen molar-refractivity contribution in [1.82, 2.24) is 10.2 Å². The fourth-order valence-corrected chi connectivity index (χ4v) is 2.69. The number of furan rings is 1. The van der Waals surface area contributed by atoms with E-state index in [1.807, 2.05) is 0 Å². The Kier molecular flexibility index (Phi) is 5.24. The third kappa shape index (κ3) is 4.33. The summed E-state index contributed by atoms with van der Waals surface area (Å²) in [7, 11) is 0. The van der Waals surface area contributed by atoms with Gasteiger partial charge in [-0.2, -0.15) is 0 Å². The van der Waals surface area contributed by atoms with Crippen LogP contribution in [0.15, 0.2) is 10.5 Å². The summed E-state index contributed by atoms with van der Waals surface area (Å²) in [5.74, 6) is 2.13. The molecule has 4 heteroatoms. The number of rotatable bonds is 6. The lowest BCUT2D eigenvalue weighted by atomic mass is 10.1. The molecule has 0 spiro atoms. The van der Waals surface area contributed by atoms with Gasteiger partial charge in [-0.3, -0.25) is 4.90 Å². The van der Waals surface area contributed by atoms with E-state index in [4.69, 9.17) is 9.15 Å². The van der Waals surface area contributed by atoms with Crippen LogP contribution in [0.25, 0.3) is 0 Å². The molecule has 0 bridgehead atoms. The number of nitrogens with one attached hydrogen (secondary N) is 1. The van der Waals surface area contributed by atoms with Crippen LogP contribution in [0.3, 0.4) is 0 Å². The van der Waals surface area contributed by atoms with Gasteiger partial charge in [-0.25, -0.2) is 0 Å². The first kappa shape index (κ1) is 15.5. The first-order valence-corrected chi connectivity index (χ1v) is 7.65. The Bertz CT molecular complexity index is 426. The van der Waals surface area contributed by atoms with Crippen molar-refractivity contribution in [3.05, 3.63) is 23.2 Å². The van der Waals surface area contributed by atoms with E-state index in [1.54, 1.807) is 0 Å². The molecule has 114 valence electrons. The number of hydrogen-bond donors (Lipinski definition) is 1. The Morgan fingerprint density at radius 2 is 2.20 bits per heavy atom. The largest absolute Gasteiger partial charge is 0.463 e. The molecule has 4 nitrogen and oxygen atoms in total. The summed E-state index contributed by atoms with van der Waals surface area (Å²) in [4.78, 5) is 2.41. The smallest absolute Gasteiger partial charge is 0.120 e. The van der Waals surface area contributed by atoms with E-state index in [1.165, 1.54) is 5.56 Å². The molecule has 1 saturated heterocycles. The van der Waals surface area contributed by atoms with E-state index >= 15 is 0 Å². The molecule has 2 heterocycles. The number of hydrogen-bond acceptors (Lipinski definition) is 4. The van der Waals surface area contributed by atoms with Crippen molar-refractivity contribution in [1.29, 1.82) is 0 Å². The minimum absolute atomic E-state index is 0.0502. The van der Waals surface area contributed by atoms with Crippen molar-refractivity contribution in [2.24, 2.45) is 0 Å². The molecule has 1 aromatic rings. The molecule has 1 aromatic heterocycles. The van der Waals surface area contributed by atoms with Crippen molar-refractivity contribution in [2.45, 2.75) is 52.8 Å². The van der Waals surface area contributed by atoms with E-state index in [0.717, 1.165) is 57.3 Å². The standard InChI is InChI=1S/C16H28N2O2/c1-5-6-17-10-15-13(2)9-14(20-15)11-18-7-8-19-16(3,4)12-18/h9,17H,5-8,10-12H2,1-4H3. The number of ether oxygens (including phenoxy) is 1. The predicted molar refractivity (Wildman–Crippen MR) is 80.8 cm³/mol. The molecule has 0 saturated carbocycles. The van der Waals surface area contributed by atoms with Crippen LogP contribution in [0.4, 0.5) is 0 Å². The van der Waals surface area contributed by atoms with Crippen molar-refractivity contribution in [3.8, 4) is 0 Å². The molecule has 0 aliphatic carbocycles. The second-order valence-corrected chi connectivity index (χ2v) is 6.31. The van der Waals surface area contributed by atoms with Gasteiger partial charge in [-0.15, -0.1) is 0 Å². The Labute approximate surface area is 122 Å². The maximum atomic E-state index is 5.99. The molecule has 2 rings (SSSR count). The summed E-state index contributed by atoms with van der Waals surface area (Å²) in [6.45, 7) is 14.1. The average molecular weight is 280 g/mol. The molecule has 0 amide bonds. The minimum atomic E-state index is -0.0502. The maximum absolute atomic E-state index is 5.99. The van der Waals surface area contributed by atoms with Gasteiger partial charge in [0.1, 0.15) is 11.5 Å². The number of nitrogens with zero attached hydrogens (tertiary/aromatic N) is 1. The molecular formula is C16H28N2O2. The molecule has 1 aliphatic heterocycles. The Morgan fingerprint density at radius 1 is 1.40 bits per heavy atom. The minimum Gasteiger partial charge on any atom is -0.463 e. The fraction of sp³-hybridized carbons (Fsp3) is 0.750. The monoisotopic (exact) mass is 280 g/mol. The highest BCUT2D eigenvalue weighted by atomic mass is 16.5. The van der Waals surface area contributed by atoms with Crippen molar-refractivity contribution in [2.75, 3.05) is 26.2 Å². The van der Waals surface area contributed by atoms with Gasteiger partial charge in [0.2, 0.25) is 0 Å². The second-order valence-electron chi connectivity index (χ2n) is 6.31. The van der Waals surface area contributed by atoms with Gasteiger partial charge in [0.15, 0.2) is 0 Å². The summed E-state index contributed by atoms with van der Waals surface area (Å²) < 4.78 is 11.7. The lowest BCUT2D eigenvalue weighted by Crippen LogP contribution is -2.47. The second kappa shape index (κ2) is 6.74. The molecule has 0 radical (unpaired) electrons. The molecule has 0 unspecified atom stereocenters. The Hall–Kier alpha value is -0.840. The van der Waals surface area contributed by atoms with Crippen LogP contribution >= 0.6 is 0 Å². The van der Waals surface area contributed by atoms with E-state index in [-0.39, 0.29) is 5.60 Å². The van der Waals surface area contributed by atoms with E-state index in [9.17, 15) is 0 Å². The molecule has 20 heavy (non-hydrogen) atoms. The fourth-order valence-electron chi connectivity index (χ4n) is 2.69. The predicted octanol–water partition coefficient (Wildman–Crippen LogP) is 2.70. The summed E-state index contributed by atoms with van der Waals surface area (Å²) in [6, 6.07) is 2.17. The summed E-state index contributed by atoms with van der Waals surface area (Å²) in [5.41, 5.74) is 1.20. The van der Waals surface area contributed by atoms with Crippen LogP contribution in [0, 0.1) is 6.92 Å². The van der Waals surface area contributed by atoms with Gasteiger partial charge < -0.3 is 14.5 Å². The van der Waals surface area contributed by atoms with Crippen molar-refractivity contribution < 1.29 is 9.15 Å². The zero-order valence-corrected chi connectivity index (χ0v) is 13.3. The highest BCUT2D eigenvalue weighted by Crippen LogP contribution is 2.21. The van der Waals surface area contributed by atoms with Crippen LogP contribution in [-0.2, 0) is 17.8 Å². The number of morpholine rings is 1. The first-order chi connectivity index (χ1) is 9.50. The van der Waals surface area contributed by atoms with Gasteiger partial charge >= 0.3 is 0 Å². The lowest BCUT2D eigenvalue weighted by molar-refractivity contribution is -0.0894. The highest BCUT2D eigenvalue weighted by molar-refractivity contribution is 5.20. The zero-order chi connectivity index (χ0) is 14.6. The van der Waals surface area contributed by atoms with Gasteiger partial charge in [0.05, 0.1) is 25.3 Å². The average Bonchev–Trinajstić information content (AvgIpc) is 2.69. The van der Waals surface area contributed by atoms with Gasteiger partial charge in [0, 0.05) is 13.1 Å². The summed E-state index contributed by atoms with van der Waals surface area (Å²) in [6.07, 6.45) is 1.15. The van der Waals surface area contributed by atoms with Gasteiger partial charge in [0.25, 0.3) is 0 Å². The van der Waals surface area contributed by atoms with Crippen LogP contribution in [0.5, 0.6) is 0 Å². The zero-order valence-electron chi connectivity index (χ0n) is 13.3. The van der Waals surface area contributed by atoms with E-state index in [0.29, 0.717) is 0 Å².